The van der Waals surface area contributed by atoms with Crippen molar-refractivity contribution < 1.29 is 4.79 Å². The van der Waals surface area contributed by atoms with Crippen molar-refractivity contribution in [2.45, 2.75) is 25.3 Å². The van der Waals surface area contributed by atoms with E-state index in [-0.39, 0.29) is 11.9 Å². The highest BCUT2D eigenvalue weighted by molar-refractivity contribution is 6.31. The van der Waals surface area contributed by atoms with Gasteiger partial charge in [-0.25, -0.2) is 0 Å². The molecule has 0 spiro atoms. The molecule has 1 amide bonds. The van der Waals surface area contributed by atoms with Crippen LogP contribution < -0.4 is 16.0 Å². The minimum atomic E-state index is -0.132. The van der Waals surface area contributed by atoms with Crippen LogP contribution in [0.15, 0.2) is 18.2 Å². The second-order valence-corrected chi connectivity index (χ2v) is 4.96. The van der Waals surface area contributed by atoms with Crippen molar-refractivity contribution in [3.63, 3.8) is 0 Å². The van der Waals surface area contributed by atoms with Crippen molar-refractivity contribution in [2.75, 3.05) is 24.2 Å². The predicted octanol–water partition coefficient (Wildman–Crippen LogP) is 2.03. The predicted molar refractivity (Wildman–Crippen MR) is 74.9 cm³/mol. The fraction of sp³-hybridized carbons (Fsp3) is 0.462. The maximum absolute atomic E-state index is 11.9. The Labute approximate surface area is 112 Å². The van der Waals surface area contributed by atoms with Crippen molar-refractivity contribution in [2.24, 2.45) is 0 Å². The number of halogens is 1. The third kappa shape index (κ3) is 2.53. The number of carbonyl (C=O) groups is 1. The molecule has 0 radical (unpaired) electrons. The molecule has 4 nitrogen and oxygen atoms in total. The Morgan fingerprint density at radius 2 is 2.28 bits per heavy atom. The zero-order valence-electron chi connectivity index (χ0n) is 10.4. The Morgan fingerprint density at radius 1 is 1.50 bits per heavy atom. The number of hydrogen-bond acceptors (Lipinski definition) is 3. The zero-order chi connectivity index (χ0) is 13.1. The summed E-state index contributed by atoms with van der Waals surface area (Å²) in [5.41, 5.74) is 7.52. The van der Waals surface area contributed by atoms with E-state index in [1.807, 2.05) is 12.1 Å². The summed E-state index contributed by atoms with van der Waals surface area (Å²) in [5.74, 6) is 0.0454. The normalized spacial score (nSPS) is 19.7. The van der Waals surface area contributed by atoms with E-state index in [9.17, 15) is 4.79 Å². The first-order valence-corrected chi connectivity index (χ1v) is 6.54. The van der Waals surface area contributed by atoms with Crippen LogP contribution in [0.3, 0.4) is 0 Å². The Kier molecular flexibility index (Phi) is 3.97. The molecule has 1 atom stereocenters. The largest absolute Gasteiger partial charge is 0.397 e. The van der Waals surface area contributed by atoms with Gasteiger partial charge >= 0.3 is 0 Å². The molecule has 18 heavy (non-hydrogen) atoms. The Morgan fingerprint density at radius 3 is 2.94 bits per heavy atom. The SMILES string of the molecule is CNC(=O)C1CCCCN1c1ccc(Cl)cc1N. The van der Waals surface area contributed by atoms with Gasteiger partial charge in [0.1, 0.15) is 6.04 Å². The molecule has 3 N–H and O–H groups in total. The number of piperidine rings is 1. The lowest BCUT2D eigenvalue weighted by molar-refractivity contribution is -0.122. The maximum Gasteiger partial charge on any atom is 0.242 e. The van der Waals surface area contributed by atoms with Gasteiger partial charge in [-0.05, 0) is 37.5 Å². The quantitative estimate of drug-likeness (QED) is 0.806. The van der Waals surface area contributed by atoms with Crippen LogP contribution in [0.2, 0.25) is 5.02 Å². The fourth-order valence-electron chi connectivity index (χ4n) is 2.45. The van der Waals surface area contributed by atoms with E-state index in [2.05, 4.69) is 10.2 Å². The number of hydrogen-bond donors (Lipinski definition) is 2. The van der Waals surface area contributed by atoms with E-state index in [1.54, 1.807) is 13.1 Å². The average molecular weight is 268 g/mol. The summed E-state index contributed by atoms with van der Waals surface area (Å²) in [7, 11) is 1.67. The van der Waals surface area contributed by atoms with E-state index in [0.29, 0.717) is 10.7 Å². The third-order valence-electron chi connectivity index (χ3n) is 3.35. The highest BCUT2D eigenvalue weighted by atomic mass is 35.5. The summed E-state index contributed by atoms with van der Waals surface area (Å²) in [5, 5.41) is 3.33. The topological polar surface area (TPSA) is 58.4 Å². The first-order chi connectivity index (χ1) is 8.63. The standard InChI is InChI=1S/C13H18ClN3O/c1-16-13(18)12-4-2-3-7-17(12)11-6-5-9(14)8-10(11)15/h5-6,8,12H,2-4,7,15H2,1H3,(H,16,18). The number of carbonyl (C=O) groups excluding carboxylic acids is 1. The first kappa shape index (κ1) is 13.0. The number of benzene rings is 1. The maximum atomic E-state index is 11.9. The number of nitrogens with one attached hydrogen (secondary N) is 1. The molecule has 0 bridgehead atoms. The van der Waals surface area contributed by atoms with E-state index in [0.717, 1.165) is 31.5 Å². The van der Waals surface area contributed by atoms with Gasteiger partial charge in [0.2, 0.25) is 5.91 Å². The van der Waals surface area contributed by atoms with Gasteiger partial charge in [-0.2, -0.15) is 0 Å². The molecular weight excluding hydrogens is 250 g/mol. The molecule has 1 aromatic carbocycles. The van der Waals surface area contributed by atoms with E-state index >= 15 is 0 Å². The van der Waals surface area contributed by atoms with Crippen molar-refractivity contribution in [1.82, 2.24) is 5.32 Å². The highest BCUT2D eigenvalue weighted by Crippen LogP contribution is 2.31. The monoisotopic (exact) mass is 267 g/mol. The number of nitrogens with zero attached hydrogens (tertiary/aromatic N) is 1. The van der Waals surface area contributed by atoms with Crippen LogP contribution in [-0.4, -0.2) is 25.5 Å². The zero-order valence-corrected chi connectivity index (χ0v) is 11.2. The van der Waals surface area contributed by atoms with Crippen LogP contribution in [0.25, 0.3) is 0 Å². The molecule has 1 aliphatic heterocycles. The fourth-order valence-corrected chi connectivity index (χ4v) is 2.63. The minimum Gasteiger partial charge on any atom is -0.397 e. The van der Waals surface area contributed by atoms with Gasteiger partial charge in [-0.1, -0.05) is 11.6 Å². The third-order valence-corrected chi connectivity index (χ3v) is 3.59. The summed E-state index contributed by atoms with van der Waals surface area (Å²) >= 11 is 5.90. The second-order valence-electron chi connectivity index (χ2n) is 4.52. The molecular formula is C13H18ClN3O. The summed E-state index contributed by atoms with van der Waals surface area (Å²) in [6, 6.07) is 5.29. The highest BCUT2D eigenvalue weighted by Gasteiger charge is 2.29. The molecule has 1 heterocycles. The minimum absolute atomic E-state index is 0.0454. The van der Waals surface area contributed by atoms with Crippen molar-refractivity contribution in [3.8, 4) is 0 Å². The van der Waals surface area contributed by atoms with Crippen LogP contribution >= 0.6 is 11.6 Å². The Bertz CT molecular complexity index is 450. The van der Waals surface area contributed by atoms with Gasteiger partial charge in [-0.15, -0.1) is 0 Å². The van der Waals surface area contributed by atoms with Crippen molar-refractivity contribution in [1.29, 1.82) is 0 Å². The lowest BCUT2D eigenvalue weighted by atomic mass is 10.00. The van der Waals surface area contributed by atoms with Crippen LogP contribution in [-0.2, 0) is 4.79 Å². The van der Waals surface area contributed by atoms with Crippen molar-refractivity contribution >= 4 is 28.9 Å². The van der Waals surface area contributed by atoms with Gasteiger partial charge < -0.3 is 16.0 Å². The molecule has 0 saturated carbocycles. The first-order valence-electron chi connectivity index (χ1n) is 6.16. The van der Waals surface area contributed by atoms with Crippen LogP contribution in [0, 0.1) is 0 Å². The molecule has 2 rings (SSSR count). The molecule has 1 aliphatic rings. The lowest BCUT2D eigenvalue weighted by Gasteiger charge is -2.36. The van der Waals surface area contributed by atoms with Gasteiger partial charge in [0, 0.05) is 18.6 Å². The van der Waals surface area contributed by atoms with E-state index in [1.165, 1.54) is 0 Å². The van der Waals surface area contributed by atoms with Gasteiger partial charge in [0.15, 0.2) is 0 Å². The number of anilines is 2. The summed E-state index contributed by atoms with van der Waals surface area (Å²) in [4.78, 5) is 14.0. The molecule has 1 unspecified atom stereocenters. The number of nitrogens with two attached hydrogens (primary N) is 1. The van der Waals surface area contributed by atoms with Gasteiger partial charge in [0.05, 0.1) is 11.4 Å². The van der Waals surface area contributed by atoms with Crippen LogP contribution in [0.5, 0.6) is 0 Å². The number of nitrogen functional groups attached to an aromatic ring is 1. The molecule has 1 fully saturated rings. The summed E-state index contributed by atoms with van der Waals surface area (Å²) in [6.45, 7) is 0.851. The summed E-state index contributed by atoms with van der Waals surface area (Å²) < 4.78 is 0. The van der Waals surface area contributed by atoms with Gasteiger partial charge in [-0.3, -0.25) is 4.79 Å². The molecule has 1 aromatic rings. The van der Waals surface area contributed by atoms with Gasteiger partial charge in [0.25, 0.3) is 0 Å². The smallest absolute Gasteiger partial charge is 0.242 e. The molecule has 0 aliphatic carbocycles. The summed E-state index contributed by atoms with van der Waals surface area (Å²) in [6.07, 6.45) is 3.01. The Balaban J connectivity index is 2.30. The number of rotatable bonds is 2. The molecule has 0 aromatic heterocycles. The molecule has 98 valence electrons. The Hall–Kier alpha value is -1.42. The van der Waals surface area contributed by atoms with Crippen LogP contribution in [0.1, 0.15) is 19.3 Å². The molecule has 5 heteroatoms. The molecule has 1 saturated heterocycles. The van der Waals surface area contributed by atoms with Crippen molar-refractivity contribution in [3.05, 3.63) is 23.2 Å². The van der Waals surface area contributed by atoms with E-state index in [4.69, 9.17) is 17.3 Å². The second kappa shape index (κ2) is 5.48. The number of likely N-dealkylation sites (N-methyl/N-ethyl adjacent to an activating group) is 1. The lowest BCUT2D eigenvalue weighted by Crippen LogP contribution is -2.49. The van der Waals surface area contributed by atoms with E-state index < -0.39 is 0 Å². The average Bonchev–Trinajstić information content (AvgIpc) is 2.38. The van der Waals surface area contributed by atoms with Crippen LogP contribution in [0.4, 0.5) is 11.4 Å². The number of amides is 1.